The second-order valence-electron chi connectivity index (χ2n) is 6.46. The lowest BCUT2D eigenvalue weighted by Gasteiger charge is -2.22. The number of hydrogen-bond donors (Lipinski definition) is 0. The molecule has 1 heterocycles. The third kappa shape index (κ3) is 2.46. The van der Waals surface area contributed by atoms with Crippen LogP contribution in [0.25, 0.3) is 21.8 Å². The molecule has 0 aliphatic carbocycles. The Morgan fingerprint density at radius 3 is 2.10 bits per heavy atom. The number of para-hydroxylation sites is 1. The van der Waals surface area contributed by atoms with Crippen molar-refractivity contribution < 1.29 is 0 Å². The standard InChI is InChI=1S/C18H21N.C2H6/c1-12-15(18(2,3)4)11-10-14-13-8-6-7-9-16(13)19(5)17(12)14;1-2/h6-11H,1-5H3;1-2H3. The van der Waals surface area contributed by atoms with Gasteiger partial charge in [0, 0.05) is 23.3 Å². The summed E-state index contributed by atoms with van der Waals surface area (Å²) in [6, 6.07) is 13.2. The summed E-state index contributed by atoms with van der Waals surface area (Å²) in [6.45, 7) is 13.1. The van der Waals surface area contributed by atoms with Crippen molar-refractivity contribution in [1.82, 2.24) is 4.57 Å². The van der Waals surface area contributed by atoms with E-state index in [2.05, 4.69) is 75.7 Å². The second kappa shape index (κ2) is 5.55. The van der Waals surface area contributed by atoms with E-state index in [1.54, 1.807) is 0 Å². The molecule has 0 spiro atoms. The van der Waals surface area contributed by atoms with Crippen LogP contribution in [-0.4, -0.2) is 4.57 Å². The van der Waals surface area contributed by atoms with Crippen LogP contribution in [0.3, 0.4) is 0 Å². The summed E-state index contributed by atoms with van der Waals surface area (Å²) in [5, 5.41) is 2.71. The van der Waals surface area contributed by atoms with Gasteiger partial charge in [-0.15, -0.1) is 0 Å². The van der Waals surface area contributed by atoms with Crippen LogP contribution in [-0.2, 0) is 12.5 Å². The third-order valence-corrected chi connectivity index (χ3v) is 4.13. The summed E-state index contributed by atoms with van der Waals surface area (Å²) >= 11 is 0. The molecule has 112 valence electrons. The van der Waals surface area contributed by atoms with Crippen molar-refractivity contribution in [1.29, 1.82) is 0 Å². The first-order chi connectivity index (χ1) is 9.91. The van der Waals surface area contributed by atoms with E-state index in [0.29, 0.717) is 0 Å². The fourth-order valence-corrected chi connectivity index (χ4v) is 3.28. The summed E-state index contributed by atoms with van der Waals surface area (Å²) in [6.07, 6.45) is 0. The minimum atomic E-state index is 0.189. The summed E-state index contributed by atoms with van der Waals surface area (Å²) in [4.78, 5) is 0. The minimum Gasteiger partial charge on any atom is -0.343 e. The molecule has 2 aromatic carbocycles. The van der Waals surface area contributed by atoms with Gasteiger partial charge in [0.1, 0.15) is 0 Å². The SMILES string of the molecule is CC.Cc1c(C(C)(C)C)ccc2c3ccccc3n(C)c12. The van der Waals surface area contributed by atoms with Gasteiger partial charge >= 0.3 is 0 Å². The average Bonchev–Trinajstić information content (AvgIpc) is 2.75. The van der Waals surface area contributed by atoms with Crippen molar-refractivity contribution in [2.24, 2.45) is 7.05 Å². The predicted molar refractivity (Wildman–Crippen MR) is 95.2 cm³/mol. The summed E-state index contributed by atoms with van der Waals surface area (Å²) < 4.78 is 2.33. The maximum absolute atomic E-state index is 2.33. The van der Waals surface area contributed by atoms with Crippen molar-refractivity contribution >= 4 is 21.8 Å². The van der Waals surface area contributed by atoms with Crippen molar-refractivity contribution in [3.05, 3.63) is 47.5 Å². The molecule has 1 aromatic heterocycles. The Morgan fingerprint density at radius 2 is 1.48 bits per heavy atom. The third-order valence-electron chi connectivity index (χ3n) is 4.13. The first kappa shape index (κ1) is 15.6. The Balaban J connectivity index is 0.000000774. The van der Waals surface area contributed by atoms with Gasteiger partial charge < -0.3 is 4.57 Å². The van der Waals surface area contributed by atoms with Crippen LogP contribution in [0.2, 0.25) is 0 Å². The van der Waals surface area contributed by atoms with E-state index in [-0.39, 0.29) is 5.41 Å². The monoisotopic (exact) mass is 281 g/mol. The number of hydrogen-bond acceptors (Lipinski definition) is 0. The molecule has 0 saturated carbocycles. The predicted octanol–water partition coefficient (Wildman–Crippen LogP) is 5.96. The van der Waals surface area contributed by atoms with Crippen LogP contribution in [0.4, 0.5) is 0 Å². The van der Waals surface area contributed by atoms with E-state index in [0.717, 1.165) is 0 Å². The molecule has 1 heteroatoms. The smallest absolute Gasteiger partial charge is 0.0521 e. The minimum absolute atomic E-state index is 0.189. The van der Waals surface area contributed by atoms with E-state index in [4.69, 9.17) is 0 Å². The summed E-state index contributed by atoms with van der Waals surface area (Å²) in [7, 11) is 2.17. The number of benzene rings is 2. The molecule has 3 aromatic rings. The normalized spacial score (nSPS) is 11.6. The van der Waals surface area contributed by atoms with Crippen molar-refractivity contribution in [2.75, 3.05) is 0 Å². The number of rotatable bonds is 0. The van der Waals surface area contributed by atoms with Crippen molar-refractivity contribution in [3.63, 3.8) is 0 Å². The van der Waals surface area contributed by atoms with Crippen LogP contribution >= 0.6 is 0 Å². The highest BCUT2D eigenvalue weighted by Crippen LogP contribution is 2.35. The quantitative estimate of drug-likeness (QED) is 0.479. The van der Waals surface area contributed by atoms with Crippen LogP contribution in [0, 0.1) is 6.92 Å². The Labute approximate surface area is 128 Å². The molecule has 0 fully saturated rings. The Kier molecular flexibility index (Phi) is 4.13. The zero-order valence-electron chi connectivity index (χ0n) is 14.4. The molecule has 0 atom stereocenters. The fourth-order valence-electron chi connectivity index (χ4n) is 3.28. The van der Waals surface area contributed by atoms with Gasteiger partial charge in [0.25, 0.3) is 0 Å². The van der Waals surface area contributed by atoms with Gasteiger partial charge in [0.2, 0.25) is 0 Å². The summed E-state index contributed by atoms with van der Waals surface area (Å²) in [5.41, 5.74) is 5.71. The van der Waals surface area contributed by atoms with Crippen molar-refractivity contribution in [3.8, 4) is 0 Å². The number of fused-ring (bicyclic) bond motifs is 3. The first-order valence-electron chi connectivity index (χ1n) is 7.88. The Morgan fingerprint density at radius 1 is 0.857 bits per heavy atom. The van der Waals surface area contributed by atoms with Gasteiger partial charge in [-0.05, 0) is 29.5 Å². The van der Waals surface area contributed by atoms with Crippen LogP contribution in [0.15, 0.2) is 36.4 Å². The zero-order chi connectivity index (χ0) is 15.8. The molecule has 0 unspecified atom stereocenters. The number of aromatic nitrogens is 1. The van der Waals surface area contributed by atoms with Gasteiger partial charge in [-0.1, -0.05) is 65.0 Å². The molecule has 1 nitrogen and oxygen atoms in total. The second-order valence-corrected chi connectivity index (χ2v) is 6.46. The lowest BCUT2D eigenvalue weighted by molar-refractivity contribution is 0.587. The average molecular weight is 281 g/mol. The van der Waals surface area contributed by atoms with Crippen LogP contribution in [0.1, 0.15) is 45.7 Å². The zero-order valence-corrected chi connectivity index (χ0v) is 14.4. The lowest BCUT2D eigenvalue weighted by Crippen LogP contribution is -2.13. The molecule has 0 saturated heterocycles. The van der Waals surface area contributed by atoms with E-state index in [9.17, 15) is 0 Å². The van der Waals surface area contributed by atoms with E-state index in [1.165, 1.54) is 32.9 Å². The molecule has 0 radical (unpaired) electrons. The number of aryl methyl sites for hydroxylation is 2. The molecule has 0 amide bonds. The van der Waals surface area contributed by atoms with E-state index >= 15 is 0 Å². The first-order valence-corrected chi connectivity index (χ1v) is 7.88. The van der Waals surface area contributed by atoms with Gasteiger partial charge in [-0.3, -0.25) is 0 Å². The van der Waals surface area contributed by atoms with E-state index < -0.39 is 0 Å². The maximum Gasteiger partial charge on any atom is 0.0521 e. The largest absolute Gasteiger partial charge is 0.343 e. The maximum atomic E-state index is 2.33. The van der Waals surface area contributed by atoms with Crippen LogP contribution < -0.4 is 0 Å². The molecule has 0 aliphatic rings. The highest BCUT2D eigenvalue weighted by atomic mass is 14.9. The molecule has 3 rings (SSSR count). The highest BCUT2D eigenvalue weighted by molar-refractivity contribution is 6.09. The van der Waals surface area contributed by atoms with Gasteiger partial charge in [-0.2, -0.15) is 0 Å². The molecule has 0 N–H and O–H groups in total. The van der Waals surface area contributed by atoms with Gasteiger partial charge in [-0.25, -0.2) is 0 Å². The molecular weight excluding hydrogens is 254 g/mol. The lowest BCUT2D eigenvalue weighted by atomic mass is 9.83. The molecule has 0 bridgehead atoms. The molecule has 0 aliphatic heterocycles. The molecule has 21 heavy (non-hydrogen) atoms. The van der Waals surface area contributed by atoms with E-state index in [1.807, 2.05) is 13.8 Å². The number of nitrogens with zero attached hydrogens (tertiary/aromatic N) is 1. The Bertz CT molecular complexity index is 770. The van der Waals surface area contributed by atoms with Crippen LogP contribution in [0.5, 0.6) is 0 Å². The molecular formula is C20H27N. The Hall–Kier alpha value is -1.76. The fraction of sp³-hybridized carbons (Fsp3) is 0.400. The van der Waals surface area contributed by atoms with Gasteiger partial charge in [0.05, 0.1) is 5.52 Å². The van der Waals surface area contributed by atoms with Crippen molar-refractivity contribution in [2.45, 2.75) is 47.0 Å². The summed E-state index contributed by atoms with van der Waals surface area (Å²) in [5.74, 6) is 0. The topological polar surface area (TPSA) is 4.93 Å². The van der Waals surface area contributed by atoms with Gasteiger partial charge in [0.15, 0.2) is 0 Å². The highest BCUT2D eigenvalue weighted by Gasteiger charge is 2.19.